The zero-order valence-electron chi connectivity index (χ0n) is 14.5. The number of hydrogen-bond donors (Lipinski definition) is 3. The van der Waals surface area contributed by atoms with Gasteiger partial charge in [-0.25, -0.2) is 0 Å². The van der Waals surface area contributed by atoms with Crippen molar-refractivity contribution < 1.29 is 29.3 Å². The van der Waals surface area contributed by atoms with Crippen molar-refractivity contribution in [3.8, 4) is 11.5 Å². The van der Waals surface area contributed by atoms with Crippen LogP contribution in [0.2, 0.25) is 0 Å². The smallest absolute Gasteiger partial charge is 0.320 e. The summed E-state index contributed by atoms with van der Waals surface area (Å²) >= 11 is 0. The lowest BCUT2D eigenvalue weighted by molar-refractivity contribution is -0.143. The van der Waals surface area contributed by atoms with E-state index in [1.165, 1.54) is 0 Å². The van der Waals surface area contributed by atoms with Gasteiger partial charge in [0, 0.05) is 0 Å². The molecule has 0 saturated carbocycles. The fourth-order valence-corrected chi connectivity index (χ4v) is 2.46. The molecule has 0 aliphatic rings. The van der Waals surface area contributed by atoms with Crippen LogP contribution in [-0.2, 0) is 9.59 Å². The molecule has 25 heavy (non-hydrogen) atoms. The monoisotopic (exact) mass is 353 g/mol. The minimum atomic E-state index is -1.16. The number of unbranched alkanes of at least 4 members (excludes halogenated alkanes) is 3. The van der Waals surface area contributed by atoms with E-state index in [-0.39, 0.29) is 6.42 Å². The summed E-state index contributed by atoms with van der Waals surface area (Å²) in [6, 6.07) is 6.25. The van der Waals surface area contributed by atoms with E-state index >= 15 is 0 Å². The standard InChI is InChI=1S/C18H27NO6/c1-24-14-7-9-15(10-8-14)25-11-5-3-2-4-6-13(17(20)21)12-16(19)18(22)23/h7-10,13,16H,2-6,11-12,19H2,1H3,(H,20,21)(H,22,23)/t13?,16-/m0/s1. The third kappa shape index (κ3) is 8.39. The highest BCUT2D eigenvalue weighted by Gasteiger charge is 2.23. The number of carboxylic acid groups (broad SMARTS) is 2. The van der Waals surface area contributed by atoms with Crippen LogP contribution < -0.4 is 15.2 Å². The summed E-state index contributed by atoms with van der Waals surface area (Å²) in [6.07, 6.45) is 3.80. The van der Waals surface area contributed by atoms with Crippen molar-refractivity contribution in [3.05, 3.63) is 24.3 Å². The molecule has 1 rings (SSSR count). The van der Waals surface area contributed by atoms with Crippen LogP contribution >= 0.6 is 0 Å². The molecule has 0 fully saturated rings. The number of methoxy groups -OCH3 is 1. The summed E-state index contributed by atoms with van der Waals surface area (Å²) in [5.74, 6) is -1.29. The summed E-state index contributed by atoms with van der Waals surface area (Å²) in [5.41, 5.74) is 5.41. The summed E-state index contributed by atoms with van der Waals surface area (Å²) < 4.78 is 10.7. The molecule has 0 spiro atoms. The fourth-order valence-electron chi connectivity index (χ4n) is 2.46. The Morgan fingerprint density at radius 3 is 2.16 bits per heavy atom. The Hall–Kier alpha value is -2.28. The zero-order valence-corrected chi connectivity index (χ0v) is 14.5. The number of nitrogens with two attached hydrogens (primary N) is 1. The van der Waals surface area contributed by atoms with E-state index < -0.39 is 23.9 Å². The Morgan fingerprint density at radius 1 is 1.00 bits per heavy atom. The van der Waals surface area contributed by atoms with Gasteiger partial charge < -0.3 is 25.4 Å². The van der Waals surface area contributed by atoms with E-state index in [1.807, 2.05) is 24.3 Å². The molecule has 1 unspecified atom stereocenters. The summed E-state index contributed by atoms with van der Waals surface area (Å²) in [6.45, 7) is 0.596. The van der Waals surface area contributed by atoms with Crippen LogP contribution in [-0.4, -0.2) is 41.9 Å². The molecule has 7 nitrogen and oxygen atoms in total. The van der Waals surface area contributed by atoms with Crippen LogP contribution in [0.25, 0.3) is 0 Å². The molecule has 0 radical (unpaired) electrons. The number of aliphatic carboxylic acids is 2. The van der Waals surface area contributed by atoms with E-state index in [4.69, 9.17) is 25.4 Å². The second-order valence-corrected chi connectivity index (χ2v) is 5.94. The molecule has 4 N–H and O–H groups in total. The first-order chi connectivity index (χ1) is 11.9. The number of carbonyl (C=O) groups is 2. The van der Waals surface area contributed by atoms with E-state index in [2.05, 4.69) is 0 Å². The van der Waals surface area contributed by atoms with Gasteiger partial charge in [0.1, 0.15) is 17.5 Å². The van der Waals surface area contributed by atoms with Crippen LogP contribution in [0.3, 0.4) is 0 Å². The molecule has 1 aromatic carbocycles. The first-order valence-electron chi connectivity index (χ1n) is 8.42. The largest absolute Gasteiger partial charge is 0.497 e. The Balaban J connectivity index is 2.15. The highest BCUT2D eigenvalue weighted by molar-refractivity contribution is 5.75. The van der Waals surface area contributed by atoms with Crippen molar-refractivity contribution in [2.75, 3.05) is 13.7 Å². The third-order valence-electron chi connectivity index (χ3n) is 3.98. The number of ether oxygens (including phenoxy) is 2. The third-order valence-corrected chi connectivity index (χ3v) is 3.98. The predicted octanol–water partition coefficient (Wildman–Crippen LogP) is 2.53. The van der Waals surface area contributed by atoms with Crippen LogP contribution in [0.15, 0.2) is 24.3 Å². The molecule has 0 aromatic heterocycles. The van der Waals surface area contributed by atoms with Gasteiger partial charge in [0.15, 0.2) is 0 Å². The Kier molecular flexibility index (Phi) is 9.39. The number of carboxylic acids is 2. The zero-order chi connectivity index (χ0) is 18.7. The van der Waals surface area contributed by atoms with Gasteiger partial charge in [-0.1, -0.05) is 19.3 Å². The molecule has 140 valence electrons. The van der Waals surface area contributed by atoms with Crippen LogP contribution in [0.4, 0.5) is 0 Å². The molecule has 2 atom stereocenters. The van der Waals surface area contributed by atoms with Crippen LogP contribution in [0, 0.1) is 5.92 Å². The molecular formula is C18H27NO6. The maximum atomic E-state index is 11.1. The molecule has 0 aliphatic carbocycles. The maximum absolute atomic E-state index is 11.1. The van der Waals surface area contributed by atoms with Crippen molar-refractivity contribution in [1.29, 1.82) is 0 Å². The van der Waals surface area contributed by atoms with Gasteiger partial charge in [0.25, 0.3) is 0 Å². The second kappa shape index (κ2) is 11.3. The molecule has 0 amide bonds. The van der Waals surface area contributed by atoms with Crippen LogP contribution in [0.1, 0.15) is 38.5 Å². The number of hydrogen-bond acceptors (Lipinski definition) is 5. The van der Waals surface area contributed by atoms with Gasteiger partial charge in [-0.3, -0.25) is 9.59 Å². The highest BCUT2D eigenvalue weighted by Crippen LogP contribution is 2.18. The first kappa shape index (κ1) is 20.8. The van der Waals surface area contributed by atoms with Gasteiger partial charge in [-0.15, -0.1) is 0 Å². The normalized spacial score (nSPS) is 13.0. The lowest BCUT2D eigenvalue weighted by atomic mass is 9.94. The molecule has 7 heteroatoms. The highest BCUT2D eigenvalue weighted by atomic mass is 16.5. The molecule has 0 heterocycles. The predicted molar refractivity (Wildman–Crippen MR) is 92.9 cm³/mol. The average molecular weight is 353 g/mol. The van der Waals surface area contributed by atoms with Gasteiger partial charge in [-0.05, 0) is 43.5 Å². The second-order valence-electron chi connectivity index (χ2n) is 5.94. The van der Waals surface area contributed by atoms with Crippen molar-refractivity contribution in [1.82, 2.24) is 0 Å². The number of rotatable bonds is 13. The van der Waals surface area contributed by atoms with E-state index in [1.54, 1.807) is 7.11 Å². The lowest BCUT2D eigenvalue weighted by Gasteiger charge is -2.14. The van der Waals surface area contributed by atoms with Crippen molar-refractivity contribution >= 4 is 11.9 Å². The maximum Gasteiger partial charge on any atom is 0.320 e. The van der Waals surface area contributed by atoms with E-state index in [9.17, 15) is 9.59 Å². The van der Waals surface area contributed by atoms with Gasteiger partial charge >= 0.3 is 11.9 Å². The Morgan fingerprint density at radius 2 is 1.60 bits per heavy atom. The Bertz CT molecular complexity index is 531. The molecule has 0 aliphatic heterocycles. The number of benzene rings is 1. The van der Waals surface area contributed by atoms with Crippen molar-refractivity contribution in [3.63, 3.8) is 0 Å². The minimum absolute atomic E-state index is 0.0365. The van der Waals surface area contributed by atoms with E-state index in [0.717, 1.165) is 37.2 Å². The SMILES string of the molecule is COc1ccc(OCCCCCCC(C[C@H](N)C(=O)O)C(=O)O)cc1. The van der Waals surface area contributed by atoms with Crippen molar-refractivity contribution in [2.24, 2.45) is 11.7 Å². The minimum Gasteiger partial charge on any atom is -0.497 e. The van der Waals surface area contributed by atoms with Gasteiger partial charge in [-0.2, -0.15) is 0 Å². The first-order valence-corrected chi connectivity index (χ1v) is 8.42. The van der Waals surface area contributed by atoms with Crippen LogP contribution in [0.5, 0.6) is 11.5 Å². The summed E-state index contributed by atoms with van der Waals surface area (Å²) in [7, 11) is 1.61. The van der Waals surface area contributed by atoms with E-state index in [0.29, 0.717) is 13.0 Å². The molecule has 0 bridgehead atoms. The lowest BCUT2D eigenvalue weighted by Crippen LogP contribution is -2.34. The summed E-state index contributed by atoms with van der Waals surface area (Å²) in [5, 5.41) is 17.9. The molecule has 1 aromatic rings. The topological polar surface area (TPSA) is 119 Å². The molecular weight excluding hydrogens is 326 g/mol. The van der Waals surface area contributed by atoms with Crippen molar-refractivity contribution in [2.45, 2.75) is 44.6 Å². The Labute approximate surface area is 147 Å². The fraction of sp³-hybridized carbons (Fsp3) is 0.556. The van der Waals surface area contributed by atoms with Gasteiger partial charge in [0.05, 0.1) is 19.6 Å². The summed E-state index contributed by atoms with van der Waals surface area (Å²) in [4.78, 5) is 21.9. The quantitative estimate of drug-likeness (QED) is 0.466. The van der Waals surface area contributed by atoms with Gasteiger partial charge in [0.2, 0.25) is 0 Å². The molecule has 0 saturated heterocycles. The average Bonchev–Trinajstić information content (AvgIpc) is 2.59.